The summed E-state index contributed by atoms with van der Waals surface area (Å²) in [5, 5.41) is 6.90. The molecule has 0 saturated carbocycles. The van der Waals surface area contributed by atoms with Crippen LogP contribution in [0.4, 0.5) is 11.4 Å². The first-order valence-electron chi connectivity index (χ1n) is 11.2. The predicted molar refractivity (Wildman–Crippen MR) is 126 cm³/mol. The Morgan fingerprint density at radius 1 is 1.03 bits per heavy atom. The number of ether oxygens (including phenoxy) is 2. The van der Waals surface area contributed by atoms with Gasteiger partial charge in [0.25, 0.3) is 5.91 Å². The van der Waals surface area contributed by atoms with Crippen LogP contribution in [0.5, 0.6) is 5.75 Å². The third-order valence-corrected chi connectivity index (χ3v) is 6.08. The van der Waals surface area contributed by atoms with E-state index in [0.717, 1.165) is 49.7 Å². The molecule has 1 saturated heterocycles. The van der Waals surface area contributed by atoms with Crippen molar-refractivity contribution in [2.24, 2.45) is 0 Å². The number of hydrogen-bond donors (Lipinski definition) is 1. The lowest BCUT2D eigenvalue weighted by atomic mass is 9.99. The van der Waals surface area contributed by atoms with Crippen LogP contribution in [0.25, 0.3) is 11.1 Å². The highest BCUT2D eigenvalue weighted by atomic mass is 16.5. The molecule has 3 aromatic rings. The van der Waals surface area contributed by atoms with Gasteiger partial charge in [0.05, 0.1) is 37.6 Å². The Morgan fingerprint density at radius 3 is 2.55 bits per heavy atom. The number of carbonyl (C=O) groups excluding carboxylic acids is 1. The van der Waals surface area contributed by atoms with E-state index in [-0.39, 0.29) is 5.91 Å². The van der Waals surface area contributed by atoms with Gasteiger partial charge in [-0.15, -0.1) is 0 Å². The van der Waals surface area contributed by atoms with Gasteiger partial charge in [-0.05, 0) is 42.3 Å². The van der Waals surface area contributed by atoms with E-state index in [1.165, 1.54) is 5.69 Å². The van der Waals surface area contributed by atoms with Gasteiger partial charge in [0.15, 0.2) is 5.75 Å². The van der Waals surface area contributed by atoms with Crippen LogP contribution in [0.2, 0.25) is 0 Å². The summed E-state index contributed by atoms with van der Waals surface area (Å²) in [5.41, 5.74) is 5.32. The molecular formula is C25H28N4O4. The first-order valence-corrected chi connectivity index (χ1v) is 11.2. The molecule has 2 aromatic carbocycles. The molecule has 33 heavy (non-hydrogen) atoms. The normalized spacial score (nSPS) is 15.7. The summed E-state index contributed by atoms with van der Waals surface area (Å²) in [6.45, 7) is 6.74. The number of fused-ring (bicyclic) bond motifs is 1. The zero-order valence-electron chi connectivity index (χ0n) is 19.0. The van der Waals surface area contributed by atoms with E-state index in [1.54, 1.807) is 0 Å². The molecule has 1 aromatic heterocycles. The number of nitrogens with zero attached hydrogens (tertiary/aromatic N) is 3. The Kier molecular flexibility index (Phi) is 5.92. The first kappa shape index (κ1) is 21.3. The van der Waals surface area contributed by atoms with Crippen LogP contribution in [0, 0.1) is 6.92 Å². The molecule has 8 nitrogen and oxygen atoms in total. The van der Waals surface area contributed by atoms with Gasteiger partial charge in [0.2, 0.25) is 0 Å². The number of anilines is 2. The van der Waals surface area contributed by atoms with E-state index >= 15 is 0 Å². The summed E-state index contributed by atoms with van der Waals surface area (Å²) >= 11 is 0. The highest BCUT2D eigenvalue weighted by molar-refractivity contribution is 6.00. The van der Waals surface area contributed by atoms with E-state index in [0.29, 0.717) is 35.9 Å². The SMILES string of the molecule is Cc1cc(CNC(=O)c2cc(-c3ccc(N4CCOCC4)cc3)cc3c2OCCN3C)no1. The third-order valence-electron chi connectivity index (χ3n) is 6.08. The van der Waals surface area contributed by atoms with E-state index in [1.807, 2.05) is 26.1 Å². The molecule has 2 aliphatic rings. The third kappa shape index (κ3) is 4.52. The van der Waals surface area contributed by atoms with Gasteiger partial charge in [-0.1, -0.05) is 17.3 Å². The van der Waals surface area contributed by atoms with Gasteiger partial charge < -0.3 is 29.1 Å². The monoisotopic (exact) mass is 448 g/mol. The maximum Gasteiger partial charge on any atom is 0.255 e. The molecule has 1 N–H and O–H groups in total. The minimum Gasteiger partial charge on any atom is -0.489 e. The fraction of sp³-hybridized carbons (Fsp3) is 0.360. The van der Waals surface area contributed by atoms with Gasteiger partial charge in [-0.3, -0.25) is 4.79 Å². The number of nitrogens with one attached hydrogen (secondary N) is 1. The van der Waals surface area contributed by atoms with Gasteiger partial charge in [0, 0.05) is 31.9 Å². The van der Waals surface area contributed by atoms with Gasteiger partial charge in [-0.25, -0.2) is 0 Å². The summed E-state index contributed by atoms with van der Waals surface area (Å²) in [4.78, 5) is 17.6. The second kappa shape index (κ2) is 9.15. The molecule has 1 fully saturated rings. The van der Waals surface area contributed by atoms with E-state index in [4.69, 9.17) is 14.0 Å². The minimum atomic E-state index is -0.200. The number of rotatable bonds is 5. The smallest absolute Gasteiger partial charge is 0.255 e. The fourth-order valence-electron chi connectivity index (χ4n) is 4.24. The van der Waals surface area contributed by atoms with Crippen molar-refractivity contribution in [3.05, 3.63) is 59.5 Å². The molecule has 3 heterocycles. The Bertz CT molecular complexity index is 1140. The molecule has 2 aliphatic heterocycles. The zero-order valence-corrected chi connectivity index (χ0v) is 19.0. The molecule has 5 rings (SSSR count). The molecule has 0 bridgehead atoms. The number of carbonyl (C=O) groups is 1. The first-order chi connectivity index (χ1) is 16.1. The maximum atomic E-state index is 13.2. The zero-order chi connectivity index (χ0) is 22.8. The molecule has 0 aliphatic carbocycles. The van der Waals surface area contributed by atoms with Gasteiger partial charge in [-0.2, -0.15) is 0 Å². The molecule has 172 valence electrons. The standard InChI is InChI=1S/C25H28N4O4/c1-17-13-20(27-33-17)16-26-25(30)22-14-19(15-23-24(22)32-12-7-28(23)2)18-3-5-21(6-4-18)29-8-10-31-11-9-29/h3-6,13-15H,7-12,16H2,1-2H3,(H,26,30). The van der Waals surface area contributed by atoms with Crippen molar-refractivity contribution < 1.29 is 18.8 Å². The van der Waals surface area contributed by atoms with Crippen LogP contribution < -0.4 is 19.9 Å². The number of aryl methyl sites for hydroxylation is 1. The van der Waals surface area contributed by atoms with Crippen molar-refractivity contribution in [2.45, 2.75) is 13.5 Å². The van der Waals surface area contributed by atoms with Crippen molar-refractivity contribution in [3.8, 4) is 16.9 Å². The Hall–Kier alpha value is -3.52. The van der Waals surface area contributed by atoms with Crippen LogP contribution in [0.15, 0.2) is 47.0 Å². The largest absolute Gasteiger partial charge is 0.489 e. The lowest BCUT2D eigenvalue weighted by molar-refractivity contribution is 0.0945. The van der Waals surface area contributed by atoms with Crippen molar-refractivity contribution in [2.75, 3.05) is 56.3 Å². The minimum absolute atomic E-state index is 0.200. The average molecular weight is 449 g/mol. The Balaban J connectivity index is 1.44. The quantitative estimate of drug-likeness (QED) is 0.642. The second-order valence-corrected chi connectivity index (χ2v) is 8.40. The molecule has 0 atom stereocenters. The predicted octanol–water partition coefficient (Wildman–Crippen LogP) is 3.25. The molecule has 0 spiro atoms. The lowest BCUT2D eigenvalue weighted by Crippen LogP contribution is -2.36. The van der Waals surface area contributed by atoms with Crippen LogP contribution in [0.1, 0.15) is 21.8 Å². The number of benzene rings is 2. The Morgan fingerprint density at radius 2 is 1.82 bits per heavy atom. The van der Waals surface area contributed by atoms with Crippen LogP contribution in [-0.2, 0) is 11.3 Å². The highest BCUT2D eigenvalue weighted by Crippen LogP contribution is 2.39. The van der Waals surface area contributed by atoms with E-state index in [2.05, 4.69) is 50.6 Å². The molecule has 0 radical (unpaired) electrons. The molecule has 8 heteroatoms. The second-order valence-electron chi connectivity index (χ2n) is 8.40. The molecule has 1 amide bonds. The van der Waals surface area contributed by atoms with Crippen molar-refractivity contribution in [1.29, 1.82) is 0 Å². The van der Waals surface area contributed by atoms with E-state index < -0.39 is 0 Å². The van der Waals surface area contributed by atoms with Crippen molar-refractivity contribution >= 4 is 17.3 Å². The Labute approximate surface area is 193 Å². The topological polar surface area (TPSA) is 80.1 Å². The van der Waals surface area contributed by atoms with Crippen LogP contribution in [-0.4, -0.2) is 57.6 Å². The average Bonchev–Trinajstić information content (AvgIpc) is 3.28. The van der Waals surface area contributed by atoms with Crippen molar-refractivity contribution in [3.63, 3.8) is 0 Å². The molecule has 0 unspecified atom stereocenters. The summed E-state index contributed by atoms with van der Waals surface area (Å²) in [7, 11) is 2.02. The van der Waals surface area contributed by atoms with Crippen molar-refractivity contribution in [1.82, 2.24) is 10.5 Å². The summed E-state index contributed by atoms with van der Waals surface area (Å²) in [6.07, 6.45) is 0. The number of amides is 1. The van der Waals surface area contributed by atoms with Crippen LogP contribution >= 0.6 is 0 Å². The van der Waals surface area contributed by atoms with E-state index in [9.17, 15) is 4.79 Å². The maximum absolute atomic E-state index is 13.2. The number of likely N-dealkylation sites (N-methyl/N-ethyl adjacent to an activating group) is 1. The van der Waals surface area contributed by atoms with Gasteiger partial charge in [0.1, 0.15) is 18.1 Å². The summed E-state index contributed by atoms with van der Waals surface area (Å²) in [6, 6.07) is 14.3. The number of hydrogen-bond acceptors (Lipinski definition) is 7. The highest BCUT2D eigenvalue weighted by Gasteiger charge is 2.24. The fourth-order valence-corrected chi connectivity index (χ4v) is 4.24. The lowest BCUT2D eigenvalue weighted by Gasteiger charge is -2.30. The number of aromatic nitrogens is 1. The number of morpholine rings is 1. The molecular weight excluding hydrogens is 420 g/mol. The van der Waals surface area contributed by atoms with Crippen LogP contribution in [0.3, 0.4) is 0 Å². The van der Waals surface area contributed by atoms with Gasteiger partial charge >= 0.3 is 0 Å². The summed E-state index contributed by atoms with van der Waals surface area (Å²) < 4.78 is 16.5. The summed E-state index contributed by atoms with van der Waals surface area (Å²) in [5.74, 6) is 1.13.